The molecule has 1 unspecified atom stereocenters. The number of rotatable bonds is 5. The largest absolute Gasteiger partial charge is 0.480 e. The highest BCUT2D eigenvalue weighted by Crippen LogP contribution is 2.19. The smallest absolute Gasteiger partial charge is 0.407 e. The number of nitrogens with zero attached hydrogens (tertiary/aromatic N) is 1. The zero-order valence-electron chi connectivity index (χ0n) is 12.6. The molecule has 8 nitrogen and oxygen atoms in total. The van der Waals surface area contributed by atoms with E-state index >= 15 is 0 Å². The molecule has 1 saturated heterocycles. The van der Waals surface area contributed by atoms with E-state index in [-0.39, 0.29) is 24.8 Å². The lowest BCUT2D eigenvalue weighted by molar-refractivity contribution is -0.148. The van der Waals surface area contributed by atoms with Gasteiger partial charge in [0, 0.05) is 13.0 Å². The minimum Gasteiger partial charge on any atom is -0.480 e. The van der Waals surface area contributed by atoms with Crippen LogP contribution in [0.4, 0.5) is 4.79 Å². The molecule has 8 heteroatoms. The topological polar surface area (TPSA) is 122 Å². The first-order valence-corrected chi connectivity index (χ1v) is 6.83. The molecule has 0 aromatic carbocycles. The van der Waals surface area contributed by atoms with Gasteiger partial charge in [0.25, 0.3) is 0 Å². The third-order valence-corrected chi connectivity index (χ3v) is 3.07. The highest BCUT2D eigenvalue weighted by Gasteiger charge is 2.37. The van der Waals surface area contributed by atoms with Crippen LogP contribution in [0.5, 0.6) is 0 Å². The van der Waals surface area contributed by atoms with Crippen molar-refractivity contribution in [3.05, 3.63) is 0 Å². The van der Waals surface area contributed by atoms with Crippen molar-refractivity contribution in [3.63, 3.8) is 0 Å². The van der Waals surface area contributed by atoms with Gasteiger partial charge in [-0.1, -0.05) is 0 Å². The molecule has 1 aliphatic heterocycles. The molecule has 2 atom stereocenters. The first kappa shape index (κ1) is 17.2. The number of nitrogens with one attached hydrogen (secondary N) is 1. The summed E-state index contributed by atoms with van der Waals surface area (Å²) in [5.74, 6) is -1.47. The van der Waals surface area contributed by atoms with Crippen molar-refractivity contribution in [2.45, 2.75) is 38.8 Å². The first-order valence-electron chi connectivity index (χ1n) is 6.83. The van der Waals surface area contributed by atoms with E-state index in [0.29, 0.717) is 13.1 Å². The number of likely N-dealkylation sites (tertiary alicyclic amines) is 1. The number of hydrogen-bond donors (Lipinski definition) is 3. The summed E-state index contributed by atoms with van der Waals surface area (Å²) >= 11 is 0. The van der Waals surface area contributed by atoms with Gasteiger partial charge in [0.05, 0.1) is 6.54 Å². The Morgan fingerprint density at radius 2 is 2.14 bits per heavy atom. The molecule has 2 amide bonds. The normalized spacial score (nSPS) is 20.3. The van der Waals surface area contributed by atoms with E-state index in [9.17, 15) is 19.5 Å². The van der Waals surface area contributed by atoms with Crippen molar-refractivity contribution in [1.29, 1.82) is 0 Å². The highest BCUT2D eigenvalue weighted by molar-refractivity contribution is 5.85. The second kappa shape index (κ2) is 6.75. The van der Waals surface area contributed by atoms with Crippen molar-refractivity contribution in [3.8, 4) is 0 Å². The Bertz CT molecular complexity index is 419. The Balaban J connectivity index is 2.61. The minimum atomic E-state index is -1.17. The van der Waals surface area contributed by atoms with Gasteiger partial charge >= 0.3 is 12.1 Å². The molecule has 1 fully saturated rings. The zero-order valence-corrected chi connectivity index (χ0v) is 12.6. The van der Waals surface area contributed by atoms with Crippen LogP contribution in [-0.4, -0.2) is 59.3 Å². The van der Waals surface area contributed by atoms with Gasteiger partial charge in [-0.25, -0.2) is 9.59 Å². The number of aliphatic carboxylic acids is 1. The number of alkyl carbamates (subject to hydrolysis) is 1. The lowest BCUT2D eigenvalue weighted by Gasteiger charge is -2.26. The summed E-state index contributed by atoms with van der Waals surface area (Å²) in [5.41, 5.74) is 4.84. The van der Waals surface area contributed by atoms with Crippen LogP contribution >= 0.6 is 0 Å². The van der Waals surface area contributed by atoms with E-state index in [2.05, 4.69) is 5.32 Å². The zero-order chi connectivity index (χ0) is 16.2. The maximum absolute atomic E-state index is 11.8. The summed E-state index contributed by atoms with van der Waals surface area (Å²) in [5, 5.41) is 11.6. The van der Waals surface area contributed by atoms with Crippen LogP contribution < -0.4 is 11.1 Å². The molecule has 1 rings (SSSR count). The number of carbonyl (C=O) groups excluding carboxylic acids is 2. The number of carboxylic acid groups (broad SMARTS) is 1. The van der Waals surface area contributed by atoms with Crippen molar-refractivity contribution >= 4 is 18.0 Å². The maximum atomic E-state index is 11.8. The van der Waals surface area contributed by atoms with Gasteiger partial charge in [-0.15, -0.1) is 0 Å². The van der Waals surface area contributed by atoms with Gasteiger partial charge in [0.15, 0.2) is 0 Å². The average molecular weight is 301 g/mol. The van der Waals surface area contributed by atoms with E-state index in [1.807, 2.05) is 0 Å². The summed E-state index contributed by atoms with van der Waals surface area (Å²) in [4.78, 5) is 35.9. The second-order valence-corrected chi connectivity index (χ2v) is 6.09. The van der Waals surface area contributed by atoms with Crippen LogP contribution in [0.2, 0.25) is 0 Å². The van der Waals surface area contributed by atoms with Crippen LogP contribution in [-0.2, 0) is 14.3 Å². The molecular weight excluding hydrogens is 278 g/mol. The van der Waals surface area contributed by atoms with Crippen molar-refractivity contribution in [2.75, 3.05) is 19.6 Å². The number of carbonyl (C=O) groups is 3. The van der Waals surface area contributed by atoms with E-state index in [4.69, 9.17) is 10.5 Å². The van der Waals surface area contributed by atoms with Gasteiger partial charge < -0.3 is 25.8 Å². The van der Waals surface area contributed by atoms with Crippen LogP contribution in [0.1, 0.15) is 27.2 Å². The number of ether oxygens (including phenoxy) is 1. The summed E-state index contributed by atoms with van der Waals surface area (Å²) in [6, 6.07) is -1.11. The Morgan fingerprint density at radius 1 is 1.52 bits per heavy atom. The van der Waals surface area contributed by atoms with Crippen molar-refractivity contribution < 1.29 is 24.2 Å². The number of amides is 2. The molecule has 0 spiro atoms. The molecule has 0 aliphatic carbocycles. The predicted molar refractivity (Wildman–Crippen MR) is 74.5 cm³/mol. The van der Waals surface area contributed by atoms with Crippen molar-refractivity contribution in [1.82, 2.24) is 10.2 Å². The van der Waals surface area contributed by atoms with E-state index in [1.54, 1.807) is 20.8 Å². The van der Waals surface area contributed by atoms with E-state index in [0.717, 1.165) is 0 Å². The van der Waals surface area contributed by atoms with Crippen molar-refractivity contribution in [2.24, 2.45) is 11.7 Å². The standard InChI is InChI=1S/C13H23N3O5/c1-13(2,3)21-12(20)15-6-9(11(18)19)16-7-8(5-14)4-10(16)17/h8-9H,4-7,14H2,1-3H3,(H,15,20)(H,18,19)/t8?,9-/m1/s1. The fourth-order valence-corrected chi connectivity index (χ4v) is 2.09. The predicted octanol–water partition coefficient (Wildman–Crippen LogP) is -0.228. The number of carboxylic acids is 1. The number of nitrogens with two attached hydrogens (primary N) is 1. The van der Waals surface area contributed by atoms with E-state index in [1.165, 1.54) is 4.90 Å². The molecule has 0 aromatic heterocycles. The quantitative estimate of drug-likeness (QED) is 0.645. The fraction of sp³-hybridized carbons (Fsp3) is 0.769. The van der Waals surface area contributed by atoms with Gasteiger partial charge in [-0.3, -0.25) is 4.79 Å². The molecule has 1 aliphatic rings. The fourth-order valence-electron chi connectivity index (χ4n) is 2.09. The Labute approximate surface area is 123 Å². The molecular formula is C13H23N3O5. The monoisotopic (exact) mass is 301 g/mol. The Kier molecular flexibility index (Phi) is 5.54. The molecule has 0 bridgehead atoms. The van der Waals surface area contributed by atoms with Crippen LogP contribution in [0.3, 0.4) is 0 Å². The third kappa shape index (κ3) is 5.22. The lowest BCUT2D eigenvalue weighted by Crippen LogP contribution is -2.50. The molecule has 1 heterocycles. The molecule has 0 saturated carbocycles. The van der Waals surface area contributed by atoms with Crippen LogP contribution in [0.15, 0.2) is 0 Å². The van der Waals surface area contributed by atoms with Gasteiger partial charge in [-0.05, 0) is 33.2 Å². The summed E-state index contributed by atoms with van der Waals surface area (Å²) in [7, 11) is 0. The minimum absolute atomic E-state index is 0.0409. The lowest BCUT2D eigenvalue weighted by atomic mass is 10.1. The summed E-state index contributed by atoms with van der Waals surface area (Å²) in [6.45, 7) is 5.54. The van der Waals surface area contributed by atoms with Crippen LogP contribution in [0, 0.1) is 5.92 Å². The first-order chi connectivity index (χ1) is 9.64. The summed E-state index contributed by atoms with van der Waals surface area (Å²) < 4.78 is 5.03. The molecule has 0 radical (unpaired) electrons. The van der Waals surface area contributed by atoms with Gasteiger partial charge in [0.2, 0.25) is 5.91 Å². The second-order valence-electron chi connectivity index (χ2n) is 6.09. The van der Waals surface area contributed by atoms with Crippen LogP contribution in [0.25, 0.3) is 0 Å². The summed E-state index contributed by atoms with van der Waals surface area (Å²) in [6.07, 6.45) is -0.469. The average Bonchev–Trinajstić information content (AvgIpc) is 2.68. The number of hydrogen-bond acceptors (Lipinski definition) is 5. The van der Waals surface area contributed by atoms with Gasteiger partial charge in [0.1, 0.15) is 11.6 Å². The van der Waals surface area contributed by atoms with E-state index < -0.39 is 23.7 Å². The third-order valence-electron chi connectivity index (χ3n) is 3.07. The Hall–Kier alpha value is -1.83. The molecule has 4 N–H and O–H groups in total. The molecule has 120 valence electrons. The SMILES string of the molecule is CC(C)(C)OC(=O)NC[C@H](C(=O)O)N1CC(CN)CC1=O. The molecule has 21 heavy (non-hydrogen) atoms. The molecule has 0 aromatic rings. The van der Waals surface area contributed by atoms with Gasteiger partial charge in [-0.2, -0.15) is 0 Å². The highest BCUT2D eigenvalue weighted by atomic mass is 16.6. The maximum Gasteiger partial charge on any atom is 0.407 e. The Morgan fingerprint density at radius 3 is 2.57 bits per heavy atom.